The highest BCUT2D eigenvalue weighted by atomic mass is 16.4. The lowest BCUT2D eigenvalue weighted by atomic mass is 9.87. The van der Waals surface area contributed by atoms with Crippen LogP contribution in [-0.4, -0.2) is 54.1 Å². The highest BCUT2D eigenvalue weighted by Crippen LogP contribution is 2.19. The number of nitrogens with one attached hydrogen (secondary N) is 2. The number of carboxylic acid groups (broad SMARTS) is 1. The molecule has 7 nitrogen and oxygen atoms in total. The fourth-order valence-corrected chi connectivity index (χ4v) is 1.64. The Morgan fingerprint density at radius 1 is 1.25 bits per heavy atom. The summed E-state index contributed by atoms with van der Waals surface area (Å²) in [6.07, 6.45) is 0.678. The largest absolute Gasteiger partial charge is 0.480 e. The van der Waals surface area contributed by atoms with Gasteiger partial charge in [-0.1, -0.05) is 27.7 Å². The number of carboxylic acids is 1. The van der Waals surface area contributed by atoms with E-state index in [-0.39, 0.29) is 12.5 Å². The fraction of sp³-hybridized carbons (Fsp3) is 0.769. The molecule has 3 amide bonds. The van der Waals surface area contributed by atoms with Crippen LogP contribution in [0.4, 0.5) is 4.79 Å². The van der Waals surface area contributed by atoms with Crippen LogP contribution in [0.5, 0.6) is 0 Å². The number of aliphatic carboxylic acids is 1. The molecule has 3 N–H and O–H groups in total. The standard InChI is InChI=1S/C13H25N3O4/c1-6-7-16(8-9(17)14-5)12(20)15-10(11(18)19)13(2,3)4/h10H,6-8H2,1-5H3,(H,14,17)(H,15,20)(H,18,19)/t10-/m0/s1. The van der Waals surface area contributed by atoms with Gasteiger partial charge < -0.3 is 20.6 Å². The molecule has 0 aromatic carbocycles. The monoisotopic (exact) mass is 287 g/mol. The maximum atomic E-state index is 12.1. The average Bonchev–Trinajstić information content (AvgIpc) is 2.32. The zero-order chi connectivity index (χ0) is 15.9. The summed E-state index contributed by atoms with van der Waals surface area (Å²) >= 11 is 0. The van der Waals surface area contributed by atoms with Gasteiger partial charge in [-0.25, -0.2) is 9.59 Å². The van der Waals surface area contributed by atoms with Crippen LogP contribution in [0.1, 0.15) is 34.1 Å². The van der Waals surface area contributed by atoms with Crippen molar-refractivity contribution in [3.63, 3.8) is 0 Å². The SMILES string of the molecule is CCCN(CC(=O)NC)C(=O)N[C@@H](C(=O)O)C(C)(C)C. The molecule has 116 valence electrons. The molecule has 20 heavy (non-hydrogen) atoms. The van der Waals surface area contributed by atoms with Crippen LogP contribution < -0.4 is 10.6 Å². The Morgan fingerprint density at radius 3 is 2.15 bits per heavy atom. The molecular formula is C13H25N3O4. The summed E-state index contributed by atoms with van der Waals surface area (Å²) in [5.41, 5.74) is -0.619. The summed E-state index contributed by atoms with van der Waals surface area (Å²) in [7, 11) is 1.49. The smallest absolute Gasteiger partial charge is 0.326 e. The molecule has 0 heterocycles. The summed E-state index contributed by atoms with van der Waals surface area (Å²) < 4.78 is 0. The Labute approximate surface area is 119 Å². The van der Waals surface area contributed by atoms with Gasteiger partial charge in [0.2, 0.25) is 5.91 Å². The molecule has 0 saturated carbocycles. The Balaban J connectivity index is 4.89. The number of amides is 3. The molecule has 0 fully saturated rings. The number of carbonyl (C=O) groups is 3. The summed E-state index contributed by atoms with van der Waals surface area (Å²) in [6, 6.07) is -1.56. The third-order valence-electron chi connectivity index (χ3n) is 2.77. The second-order valence-corrected chi connectivity index (χ2v) is 5.68. The first-order valence-corrected chi connectivity index (χ1v) is 6.62. The topological polar surface area (TPSA) is 98.7 Å². The van der Waals surface area contributed by atoms with Gasteiger partial charge in [-0.3, -0.25) is 4.79 Å². The van der Waals surface area contributed by atoms with Gasteiger partial charge in [0.25, 0.3) is 0 Å². The molecule has 0 aliphatic rings. The third-order valence-corrected chi connectivity index (χ3v) is 2.77. The molecule has 7 heteroatoms. The Morgan fingerprint density at radius 2 is 1.80 bits per heavy atom. The van der Waals surface area contributed by atoms with Crippen molar-refractivity contribution in [2.24, 2.45) is 5.41 Å². The summed E-state index contributed by atoms with van der Waals surface area (Å²) in [5.74, 6) is -1.39. The van der Waals surface area contributed by atoms with E-state index in [1.54, 1.807) is 20.8 Å². The minimum absolute atomic E-state index is 0.0906. The van der Waals surface area contributed by atoms with E-state index in [9.17, 15) is 19.5 Å². The van der Waals surface area contributed by atoms with E-state index >= 15 is 0 Å². The van der Waals surface area contributed by atoms with Crippen LogP contribution in [0.25, 0.3) is 0 Å². The number of carbonyl (C=O) groups excluding carboxylic acids is 2. The van der Waals surface area contributed by atoms with E-state index in [4.69, 9.17) is 0 Å². The van der Waals surface area contributed by atoms with Gasteiger partial charge in [0.05, 0.1) is 0 Å². The quantitative estimate of drug-likeness (QED) is 0.668. The zero-order valence-corrected chi connectivity index (χ0v) is 12.8. The number of rotatable bonds is 6. The van der Waals surface area contributed by atoms with Gasteiger partial charge >= 0.3 is 12.0 Å². The van der Waals surface area contributed by atoms with Gasteiger partial charge in [-0.05, 0) is 11.8 Å². The van der Waals surface area contributed by atoms with Gasteiger partial charge in [0, 0.05) is 13.6 Å². The predicted octanol–water partition coefficient (Wildman–Crippen LogP) is 0.653. The van der Waals surface area contributed by atoms with E-state index < -0.39 is 23.5 Å². The predicted molar refractivity (Wildman–Crippen MR) is 75.3 cm³/mol. The number of nitrogens with zero attached hydrogens (tertiary/aromatic N) is 1. The van der Waals surface area contributed by atoms with Crippen molar-refractivity contribution in [1.82, 2.24) is 15.5 Å². The number of urea groups is 1. The molecule has 0 rings (SSSR count). The molecule has 0 aliphatic heterocycles. The summed E-state index contributed by atoms with van der Waals surface area (Å²) in [4.78, 5) is 36.0. The van der Waals surface area contributed by atoms with Crippen molar-refractivity contribution in [3.05, 3.63) is 0 Å². The molecule has 0 radical (unpaired) electrons. The van der Waals surface area contributed by atoms with Crippen LogP contribution in [0, 0.1) is 5.41 Å². The van der Waals surface area contributed by atoms with Crippen LogP contribution in [0.3, 0.4) is 0 Å². The van der Waals surface area contributed by atoms with E-state index in [0.717, 1.165) is 0 Å². The average molecular weight is 287 g/mol. The van der Waals surface area contributed by atoms with Crippen molar-refractivity contribution in [3.8, 4) is 0 Å². The molecule has 0 aromatic heterocycles. The number of hydrogen-bond acceptors (Lipinski definition) is 3. The minimum Gasteiger partial charge on any atom is -0.480 e. The zero-order valence-electron chi connectivity index (χ0n) is 12.8. The second kappa shape index (κ2) is 7.72. The Kier molecular flexibility index (Phi) is 7.02. The van der Waals surface area contributed by atoms with Crippen LogP contribution in [-0.2, 0) is 9.59 Å². The highest BCUT2D eigenvalue weighted by molar-refractivity contribution is 5.86. The summed E-state index contributed by atoms with van der Waals surface area (Å²) in [5, 5.41) is 14.1. The van der Waals surface area contributed by atoms with Gasteiger partial charge in [-0.15, -0.1) is 0 Å². The van der Waals surface area contributed by atoms with Crippen molar-refractivity contribution < 1.29 is 19.5 Å². The first kappa shape index (κ1) is 18.2. The van der Waals surface area contributed by atoms with Crippen LogP contribution >= 0.6 is 0 Å². The van der Waals surface area contributed by atoms with E-state index in [1.165, 1.54) is 11.9 Å². The normalized spacial score (nSPS) is 12.4. The Bertz CT molecular complexity index is 363. The van der Waals surface area contributed by atoms with Crippen LogP contribution in [0.15, 0.2) is 0 Å². The first-order valence-electron chi connectivity index (χ1n) is 6.62. The van der Waals surface area contributed by atoms with Crippen molar-refractivity contribution >= 4 is 17.9 Å². The molecule has 0 spiro atoms. The molecule has 0 aromatic rings. The van der Waals surface area contributed by atoms with E-state index in [0.29, 0.717) is 13.0 Å². The van der Waals surface area contributed by atoms with Gasteiger partial charge in [0.1, 0.15) is 12.6 Å². The van der Waals surface area contributed by atoms with Crippen molar-refractivity contribution in [2.45, 2.75) is 40.2 Å². The van der Waals surface area contributed by atoms with E-state index in [1.807, 2.05) is 6.92 Å². The lowest BCUT2D eigenvalue weighted by Gasteiger charge is -2.30. The number of hydrogen-bond donors (Lipinski definition) is 3. The summed E-state index contributed by atoms with van der Waals surface area (Å²) in [6.45, 7) is 7.36. The molecule has 0 saturated heterocycles. The highest BCUT2D eigenvalue weighted by Gasteiger charge is 2.33. The molecule has 0 aliphatic carbocycles. The molecule has 1 atom stereocenters. The minimum atomic E-state index is -1.10. The number of likely N-dealkylation sites (N-methyl/N-ethyl adjacent to an activating group) is 1. The Hall–Kier alpha value is -1.79. The first-order chi connectivity index (χ1) is 9.13. The van der Waals surface area contributed by atoms with Crippen molar-refractivity contribution in [2.75, 3.05) is 20.1 Å². The third kappa shape index (κ3) is 5.90. The van der Waals surface area contributed by atoms with Gasteiger partial charge in [0.15, 0.2) is 0 Å². The van der Waals surface area contributed by atoms with E-state index in [2.05, 4.69) is 10.6 Å². The lowest BCUT2D eigenvalue weighted by Crippen LogP contribution is -2.54. The lowest BCUT2D eigenvalue weighted by molar-refractivity contribution is -0.142. The fourth-order valence-electron chi connectivity index (χ4n) is 1.64. The maximum absolute atomic E-state index is 12.1. The molecule has 0 unspecified atom stereocenters. The van der Waals surface area contributed by atoms with Crippen molar-refractivity contribution in [1.29, 1.82) is 0 Å². The van der Waals surface area contributed by atoms with Crippen LogP contribution in [0.2, 0.25) is 0 Å². The maximum Gasteiger partial charge on any atom is 0.326 e. The molecular weight excluding hydrogens is 262 g/mol. The second-order valence-electron chi connectivity index (χ2n) is 5.68. The van der Waals surface area contributed by atoms with Gasteiger partial charge in [-0.2, -0.15) is 0 Å². The molecule has 0 bridgehead atoms.